The van der Waals surface area contributed by atoms with Gasteiger partial charge in [-0.25, -0.2) is 4.79 Å². The van der Waals surface area contributed by atoms with Crippen LogP contribution in [0.5, 0.6) is 0 Å². The zero-order chi connectivity index (χ0) is 15.2. The van der Waals surface area contributed by atoms with Crippen LogP contribution in [0.3, 0.4) is 0 Å². The quantitative estimate of drug-likeness (QED) is 0.841. The van der Waals surface area contributed by atoms with Crippen LogP contribution in [-0.2, 0) is 9.53 Å². The normalized spacial score (nSPS) is 15.0. The van der Waals surface area contributed by atoms with Gasteiger partial charge in [-0.1, -0.05) is 37.3 Å². The van der Waals surface area contributed by atoms with E-state index in [0.717, 1.165) is 12.0 Å². The lowest BCUT2D eigenvalue weighted by Crippen LogP contribution is -2.16. The fourth-order valence-corrected chi connectivity index (χ4v) is 2.89. The van der Waals surface area contributed by atoms with E-state index in [2.05, 4.69) is 5.32 Å². The highest BCUT2D eigenvalue weighted by Crippen LogP contribution is 2.28. The molecule has 114 valence electrons. The van der Waals surface area contributed by atoms with Crippen molar-refractivity contribution < 1.29 is 14.3 Å². The van der Waals surface area contributed by atoms with Crippen LogP contribution in [0.1, 0.15) is 54.4 Å². The summed E-state index contributed by atoms with van der Waals surface area (Å²) in [7, 11) is 1.34. The molecule has 1 aliphatic carbocycles. The number of anilines is 1. The van der Waals surface area contributed by atoms with Crippen LogP contribution in [0, 0.1) is 12.8 Å². The summed E-state index contributed by atoms with van der Waals surface area (Å²) in [5.41, 5.74) is 1.90. The number of methoxy groups -OCH3 is 1. The molecular weight excluding hydrogens is 266 g/mol. The number of esters is 1. The number of hydrogen-bond acceptors (Lipinski definition) is 3. The number of rotatable bonds is 5. The van der Waals surface area contributed by atoms with Gasteiger partial charge in [0, 0.05) is 6.42 Å². The molecule has 0 atom stereocenters. The van der Waals surface area contributed by atoms with Crippen LogP contribution in [0.2, 0.25) is 0 Å². The van der Waals surface area contributed by atoms with Crippen LogP contribution < -0.4 is 5.32 Å². The van der Waals surface area contributed by atoms with E-state index in [1.165, 1.54) is 32.8 Å². The van der Waals surface area contributed by atoms with E-state index in [1.54, 1.807) is 12.1 Å². The van der Waals surface area contributed by atoms with Gasteiger partial charge in [0.2, 0.25) is 5.91 Å². The summed E-state index contributed by atoms with van der Waals surface area (Å²) in [6.07, 6.45) is 6.51. The summed E-state index contributed by atoms with van der Waals surface area (Å²) in [6, 6.07) is 5.37. The van der Waals surface area contributed by atoms with E-state index in [-0.39, 0.29) is 5.91 Å². The first-order valence-electron chi connectivity index (χ1n) is 7.59. The van der Waals surface area contributed by atoms with Crippen molar-refractivity contribution in [3.05, 3.63) is 29.3 Å². The van der Waals surface area contributed by atoms with Gasteiger partial charge in [-0.15, -0.1) is 0 Å². The van der Waals surface area contributed by atoms with Crippen LogP contribution in [-0.4, -0.2) is 19.0 Å². The maximum absolute atomic E-state index is 12.1. The number of amides is 1. The third-order valence-corrected chi connectivity index (χ3v) is 4.11. The molecule has 0 heterocycles. The van der Waals surface area contributed by atoms with E-state index >= 15 is 0 Å². The third-order valence-electron chi connectivity index (χ3n) is 4.11. The Kier molecular flexibility index (Phi) is 5.37. The number of hydrogen-bond donors (Lipinski definition) is 1. The maximum Gasteiger partial charge on any atom is 0.339 e. The molecule has 4 nitrogen and oxygen atoms in total. The van der Waals surface area contributed by atoms with Crippen molar-refractivity contribution in [1.82, 2.24) is 0 Å². The molecule has 0 aromatic heterocycles. The Bertz CT molecular complexity index is 519. The third kappa shape index (κ3) is 4.31. The van der Waals surface area contributed by atoms with Crippen molar-refractivity contribution in [3.8, 4) is 0 Å². The number of aryl methyl sites for hydroxylation is 1. The van der Waals surface area contributed by atoms with Crippen molar-refractivity contribution in [3.63, 3.8) is 0 Å². The summed E-state index contributed by atoms with van der Waals surface area (Å²) in [5, 5.41) is 2.84. The van der Waals surface area contributed by atoms with Crippen molar-refractivity contribution in [2.45, 2.75) is 45.4 Å². The number of benzene rings is 1. The molecule has 1 aliphatic rings. The molecule has 1 aromatic carbocycles. The molecule has 0 radical (unpaired) electrons. The van der Waals surface area contributed by atoms with Crippen LogP contribution in [0.4, 0.5) is 5.69 Å². The Morgan fingerprint density at radius 1 is 1.29 bits per heavy atom. The van der Waals surface area contributed by atoms with E-state index in [0.29, 0.717) is 23.6 Å². The average Bonchev–Trinajstić information content (AvgIpc) is 2.99. The first-order chi connectivity index (χ1) is 10.1. The molecule has 21 heavy (non-hydrogen) atoms. The first kappa shape index (κ1) is 15.5. The molecular formula is C17H23NO3. The van der Waals surface area contributed by atoms with Gasteiger partial charge in [0.15, 0.2) is 0 Å². The molecule has 1 aromatic rings. The molecule has 0 spiro atoms. The largest absolute Gasteiger partial charge is 0.465 e. The Balaban J connectivity index is 1.97. The lowest BCUT2D eigenvalue weighted by molar-refractivity contribution is -0.116. The van der Waals surface area contributed by atoms with Gasteiger partial charge in [0.05, 0.1) is 18.4 Å². The fraction of sp³-hybridized carbons (Fsp3) is 0.529. The standard InChI is InChI=1S/C17H23NO3/c1-12-7-9-15(14(11-12)17(20)21-2)18-16(19)10-8-13-5-3-4-6-13/h7,9,11,13H,3-6,8,10H2,1-2H3,(H,18,19). The monoisotopic (exact) mass is 289 g/mol. The highest BCUT2D eigenvalue weighted by molar-refractivity contribution is 6.01. The first-order valence-corrected chi connectivity index (χ1v) is 7.59. The highest BCUT2D eigenvalue weighted by Gasteiger charge is 2.18. The molecule has 0 saturated heterocycles. The molecule has 1 amide bonds. The number of nitrogens with one attached hydrogen (secondary N) is 1. The Labute approximate surface area is 125 Å². The van der Waals surface area contributed by atoms with Gasteiger partial charge in [-0.05, 0) is 31.4 Å². The molecule has 2 rings (SSSR count). The predicted octanol–water partition coefficient (Wildman–Crippen LogP) is 3.69. The summed E-state index contributed by atoms with van der Waals surface area (Å²) in [4.78, 5) is 23.8. The van der Waals surface area contributed by atoms with Gasteiger partial charge in [-0.2, -0.15) is 0 Å². The van der Waals surface area contributed by atoms with E-state index in [1.807, 2.05) is 13.0 Å². The minimum absolute atomic E-state index is 0.0316. The predicted molar refractivity (Wildman–Crippen MR) is 82.3 cm³/mol. The molecule has 0 unspecified atom stereocenters. The van der Waals surface area contributed by atoms with E-state index in [9.17, 15) is 9.59 Å². The summed E-state index contributed by atoms with van der Waals surface area (Å²) in [6.45, 7) is 1.90. The second-order valence-corrected chi connectivity index (χ2v) is 5.78. The Morgan fingerprint density at radius 3 is 2.67 bits per heavy atom. The zero-order valence-corrected chi connectivity index (χ0v) is 12.8. The lowest BCUT2D eigenvalue weighted by atomic mass is 10.0. The van der Waals surface area contributed by atoms with Crippen LogP contribution in [0.15, 0.2) is 18.2 Å². The fourth-order valence-electron chi connectivity index (χ4n) is 2.89. The number of carbonyl (C=O) groups is 2. The topological polar surface area (TPSA) is 55.4 Å². The second-order valence-electron chi connectivity index (χ2n) is 5.78. The minimum Gasteiger partial charge on any atom is -0.465 e. The summed E-state index contributed by atoms with van der Waals surface area (Å²) in [5.74, 6) is 0.231. The number of ether oxygens (including phenoxy) is 1. The van der Waals surface area contributed by atoms with Gasteiger partial charge in [0.25, 0.3) is 0 Å². The lowest BCUT2D eigenvalue weighted by Gasteiger charge is -2.12. The smallest absolute Gasteiger partial charge is 0.339 e. The van der Waals surface area contributed by atoms with E-state index in [4.69, 9.17) is 4.74 Å². The van der Waals surface area contributed by atoms with Crippen molar-refractivity contribution in [2.75, 3.05) is 12.4 Å². The average molecular weight is 289 g/mol. The second kappa shape index (κ2) is 7.25. The SMILES string of the molecule is COC(=O)c1cc(C)ccc1NC(=O)CCC1CCCC1. The van der Waals surface area contributed by atoms with Crippen LogP contribution >= 0.6 is 0 Å². The molecule has 1 N–H and O–H groups in total. The van der Waals surface area contributed by atoms with Gasteiger partial charge >= 0.3 is 5.97 Å². The molecule has 0 bridgehead atoms. The Morgan fingerprint density at radius 2 is 2.00 bits per heavy atom. The molecule has 1 fully saturated rings. The molecule has 4 heteroatoms. The summed E-state index contributed by atoms with van der Waals surface area (Å²) < 4.78 is 4.76. The van der Waals surface area contributed by atoms with Crippen LogP contribution in [0.25, 0.3) is 0 Å². The molecule has 1 saturated carbocycles. The highest BCUT2D eigenvalue weighted by atomic mass is 16.5. The summed E-state index contributed by atoms with van der Waals surface area (Å²) >= 11 is 0. The zero-order valence-electron chi connectivity index (χ0n) is 12.8. The van der Waals surface area contributed by atoms with Crippen molar-refractivity contribution >= 4 is 17.6 Å². The minimum atomic E-state index is -0.426. The van der Waals surface area contributed by atoms with Gasteiger partial charge < -0.3 is 10.1 Å². The number of carbonyl (C=O) groups excluding carboxylic acids is 2. The van der Waals surface area contributed by atoms with E-state index < -0.39 is 5.97 Å². The maximum atomic E-state index is 12.1. The Hall–Kier alpha value is -1.84. The van der Waals surface area contributed by atoms with Gasteiger partial charge in [0.1, 0.15) is 0 Å². The van der Waals surface area contributed by atoms with Gasteiger partial charge in [-0.3, -0.25) is 4.79 Å². The van der Waals surface area contributed by atoms with Crippen molar-refractivity contribution in [1.29, 1.82) is 0 Å². The molecule has 0 aliphatic heterocycles. The van der Waals surface area contributed by atoms with Crippen molar-refractivity contribution in [2.24, 2.45) is 5.92 Å².